The average molecular weight is 253 g/mol. The number of hydrogen-bond donors (Lipinski definition) is 1. The first kappa shape index (κ1) is 11.8. The summed E-state index contributed by atoms with van der Waals surface area (Å²) >= 11 is 0. The summed E-state index contributed by atoms with van der Waals surface area (Å²) in [7, 11) is 0. The van der Waals surface area contributed by atoms with Crippen LogP contribution in [0.5, 0.6) is 0 Å². The van der Waals surface area contributed by atoms with Gasteiger partial charge >= 0.3 is 0 Å². The molecule has 0 bridgehead atoms. The molecule has 1 aliphatic heterocycles. The highest BCUT2D eigenvalue weighted by Crippen LogP contribution is 2.39. The number of nitrogens with one attached hydrogen (secondary N) is 1. The Bertz CT molecular complexity index is 660. The summed E-state index contributed by atoms with van der Waals surface area (Å²) in [5.41, 5.74) is 4.10. The third kappa shape index (κ3) is 1.80. The summed E-state index contributed by atoms with van der Waals surface area (Å²) in [5, 5.41) is 11.1. The fraction of sp³-hybridized carbons (Fsp3) is 0.267. The van der Waals surface area contributed by atoms with Gasteiger partial charge in [-0.1, -0.05) is 12.1 Å². The van der Waals surface area contributed by atoms with E-state index in [9.17, 15) is 4.79 Å². The van der Waals surface area contributed by atoms with Gasteiger partial charge in [-0.3, -0.25) is 4.79 Å². The van der Waals surface area contributed by atoms with Crippen LogP contribution in [0.1, 0.15) is 25.1 Å². The van der Waals surface area contributed by atoms with E-state index in [-0.39, 0.29) is 5.91 Å². The Labute approximate surface area is 111 Å². The maximum atomic E-state index is 11.9. The molecule has 19 heavy (non-hydrogen) atoms. The van der Waals surface area contributed by atoms with Crippen molar-refractivity contribution in [3.8, 4) is 11.3 Å². The van der Waals surface area contributed by atoms with Gasteiger partial charge < -0.3 is 5.32 Å². The quantitative estimate of drug-likeness (QED) is 0.850. The third-order valence-corrected chi connectivity index (χ3v) is 3.60. The van der Waals surface area contributed by atoms with E-state index in [1.54, 1.807) is 0 Å². The molecule has 0 saturated carbocycles. The highest BCUT2D eigenvalue weighted by atomic mass is 16.2. The van der Waals surface area contributed by atoms with Crippen molar-refractivity contribution in [2.75, 3.05) is 5.32 Å². The minimum Gasteiger partial charge on any atom is -0.325 e. The summed E-state index contributed by atoms with van der Waals surface area (Å²) in [5.74, 6) is 0.0367. The van der Waals surface area contributed by atoms with Crippen molar-refractivity contribution in [2.45, 2.75) is 26.2 Å². The molecule has 0 aliphatic carbocycles. The molecule has 0 fully saturated rings. The minimum atomic E-state index is -0.465. The van der Waals surface area contributed by atoms with Crippen molar-refractivity contribution in [1.29, 1.82) is 0 Å². The molecular weight excluding hydrogens is 238 g/mol. The molecule has 1 N–H and O–H groups in total. The number of nitrogens with zero attached hydrogens (tertiary/aromatic N) is 2. The molecule has 0 radical (unpaired) electrons. The zero-order chi connectivity index (χ0) is 13.6. The lowest BCUT2D eigenvalue weighted by Gasteiger charge is -2.14. The van der Waals surface area contributed by atoms with Crippen LogP contribution in [0.3, 0.4) is 0 Å². The smallest absolute Gasteiger partial charge is 0.234 e. The van der Waals surface area contributed by atoms with Crippen molar-refractivity contribution in [3.05, 3.63) is 41.6 Å². The molecule has 96 valence electrons. The number of carbonyl (C=O) groups excluding carboxylic acids is 1. The van der Waals surface area contributed by atoms with E-state index in [0.29, 0.717) is 0 Å². The summed E-state index contributed by atoms with van der Waals surface area (Å²) in [6.45, 7) is 5.77. The van der Waals surface area contributed by atoms with Gasteiger partial charge in [-0.15, -0.1) is 0 Å². The topological polar surface area (TPSA) is 54.9 Å². The lowest BCUT2D eigenvalue weighted by molar-refractivity contribution is -0.119. The summed E-state index contributed by atoms with van der Waals surface area (Å²) < 4.78 is 0. The predicted octanol–water partition coefficient (Wildman–Crippen LogP) is 2.68. The molecule has 2 heterocycles. The molecule has 4 heteroatoms. The standard InChI is InChI=1S/C15H15N3O/c1-9-4-7-12(18-17-9)10-5-6-11-13(8-10)16-14(19)15(11,2)3/h4-8H,1-3H3,(H,16,19). The van der Waals surface area contributed by atoms with Crippen LogP contribution in [0.4, 0.5) is 5.69 Å². The van der Waals surface area contributed by atoms with Crippen molar-refractivity contribution in [1.82, 2.24) is 10.2 Å². The molecule has 0 saturated heterocycles. The Morgan fingerprint density at radius 2 is 1.89 bits per heavy atom. The van der Waals surface area contributed by atoms with Crippen LogP contribution in [0.2, 0.25) is 0 Å². The van der Waals surface area contributed by atoms with E-state index in [2.05, 4.69) is 15.5 Å². The molecule has 0 unspecified atom stereocenters. The van der Waals surface area contributed by atoms with Crippen molar-refractivity contribution in [3.63, 3.8) is 0 Å². The van der Waals surface area contributed by atoms with Gasteiger partial charge in [0.1, 0.15) is 0 Å². The van der Waals surface area contributed by atoms with Gasteiger partial charge in [0.25, 0.3) is 0 Å². The van der Waals surface area contributed by atoms with Crippen LogP contribution in [-0.4, -0.2) is 16.1 Å². The lowest BCUT2D eigenvalue weighted by atomic mass is 9.86. The number of aromatic nitrogens is 2. The molecule has 1 aromatic carbocycles. The summed E-state index contributed by atoms with van der Waals surface area (Å²) in [4.78, 5) is 11.9. The SMILES string of the molecule is Cc1ccc(-c2ccc3c(c2)NC(=O)C3(C)C)nn1. The maximum Gasteiger partial charge on any atom is 0.234 e. The molecule has 3 rings (SSSR count). The maximum absolute atomic E-state index is 11.9. The number of aryl methyl sites for hydroxylation is 1. The fourth-order valence-corrected chi connectivity index (χ4v) is 2.31. The van der Waals surface area contributed by atoms with Crippen LogP contribution in [-0.2, 0) is 10.2 Å². The second-order valence-electron chi connectivity index (χ2n) is 5.40. The third-order valence-electron chi connectivity index (χ3n) is 3.60. The first-order valence-electron chi connectivity index (χ1n) is 6.25. The Hall–Kier alpha value is -2.23. The minimum absolute atomic E-state index is 0.0367. The van der Waals surface area contributed by atoms with Crippen molar-refractivity contribution in [2.24, 2.45) is 0 Å². The first-order valence-corrected chi connectivity index (χ1v) is 6.25. The normalized spacial score (nSPS) is 16.1. The number of hydrogen-bond acceptors (Lipinski definition) is 3. The number of anilines is 1. The molecular formula is C15H15N3O. The number of fused-ring (bicyclic) bond motifs is 1. The van der Waals surface area contributed by atoms with Gasteiger partial charge in [0.15, 0.2) is 0 Å². The Morgan fingerprint density at radius 1 is 1.11 bits per heavy atom. The lowest BCUT2D eigenvalue weighted by Crippen LogP contribution is -2.26. The van der Waals surface area contributed by atoms with E-state index in [0.717, 1.165) is 28.2 Å². The van der Waals surface area contributed by atoms with E-state index >= 15 is 0 Å². The predicted molar refractivity (Wildman–Crippen MR) is 73.9 cm³/mol. The Balaban J connectivity index is 2.07. The van der Waals surface area contributed by atoms with Crippen LogP contribution < -0.4 is 5.32 Å². The van der Waals surface area contributed by atoms with Gasteiger partial charge in [0.2, 0.25) is 5.91 Å². The van der Waals surface area contributed by atoms with Crippen molar-refractivity contribution < 1.29 is 4.79 Å². The van der Waals surface area contributed by atoms with Gasteiger partial charge in [-0.25, -0.2) is 0 Å². The van der Waals surface area contributed by atoms with Gasteiger partial charge in [-0.2, -0.15) is 10.2 Å². The molecule has 1 aromatic heterocycles. The number of rotatable bonds is 1. The van der Waals surface area contributed by atoms with E-state index in [1.807, 2.05) is 51.1 Å². The van der Waals surface area contributed by atoms with Crippen LogP contribution in [0, 0.1) is 6.92 Å². The molecule has 0 atom stereocenters. The van der Waals surface area contributed by atoms with E-state index in [1.165, 1.54) is 0 Å². The highest BCUT2D eigenvalue weighted by molar-refractivity contribution is 6.06. The summed E-state index contributed by atoms with van der Waals surface area (Å²) in [6.07, 6.45) is 0. The zero-order valence-corrected chi connectivity index (χ0v) is 11.2. The second kappa shape index (κ2) is 3.88. The first-order chi connectivity index (χ1) is 8.98. The second-order valence-corrected chi connectivity index (χ2v) is 5.40. The average Bonchev–Trinajstić information content (AvgIpc) is 2.61. The van der Waals surface area contributed by atoms with Crippen molar-refractivity contribution >= 4 is 11.6 Å². The van der Waals surface area contributed by atoms with E-state index < -0.39 is 5.41 Å². The fourth-order valence-electron chi connectivity index (χ4n) is 2.31. The monoisotopic (exact) mass is 253 g/mol. The Morgan fingerprint density at radius 3 is 2.58 bits per heavy atom. The van der Waals surface area contributed by atoms with Gasteiger partial charge in [-0.05, 0) is 44.5 Å². The molecule has 1 aliphatic rings. The zero-order valence-electron chi connectivity index (χ0n) is 11.2. The van der Waals surface area contributed by atoms with Crippen LogP contribution in [0.15, 0.2) is 30.3 Å². The number of carbonyl (C=O) groups is 1. The van der Waals surface area contributed by atoms with Gasteiger partial charge in [0, 0.05) is 11.3 Å². The van der Waals surface area contributed by atoms with Gasteiger partial charge in [0.05, 0.1) is 16.8 Å². The number of amides is 1. The van der Waals surface area contributed by atoms with Crippen LogP contribution in [0.25, 0.3) is 11.3 Å². The molecule has 0 spiro atoms. The molecule has 1 amide bonds. The molecule has 4 nitrogen and oxygen atoms in total. The highest BCUT2D eigenvalue weighted by Gasteiger charge is 2.38. The largest absolute Gasteiger partial charge is 0.325 e. The van der Waals surface area contributed by atoms with E-state index in [4.69, 9.17) is 0 Å². The summed E-state index contributed by atoms with van der Waals surface area (Å²) in [6, 6.07) is 9.80. The van der Waals surface area contributed by atoms with Crippen LogP contribution >= 0.6 is 0 Å². The molecule has 2 aromatic rings. The Kier molecular flexibility index (Phi) is 2.42. The number of benzene rings is 1.